The van der Waals surface area contributed by atoms with Crippen LogP contribution in [0.5, 0.6) is 0 Å². The molecule has 2 aliphatic rings. The predicted octanol–water partition coefficient (Wildman–Crippen LogP) is 0.340. The summed E-state index contributed by atoms with van der Waals surface area (Å²) in [6.45, 7) is 2.41. The normalized spacial score (nSPS) is 36.6. The van der Waals surface area contributed by atoms with Crippen LogP contribution < -0.4 is 0 Å². The number of hydrogen-bond donors (Lipinski definition) is 0. The van der Waals surface area contributed by atoms with Gasteiger partial charge in [0.1, 0.15) is 0 Å². The van der Waals surface area contributed by atoms with Crippen LogP contribution >= 0.6 is 0 Å². The lowest BCUT2D eigenvalue weighted by molar-refractivity contribution is -0.163. The van der Waals surface area contributed by atoms with Crippen LogP contribution in [0.15, 0.2) is 0 Å². The zero-order chi connectivity index (χ0) is 8.06. The van der Waals surface area contributed by atoms with Gasteiger partial charge in [-0.15, -0.1) is 0 Å². The molecule has 3 nitrogen and oxygen atoms in total. The summed E-state index contributed by atoms with van der Waals surface area (Å²) in [4.78, 5) is 23.6. The van der Waals surface area contributed by atoms with E-state index in [0.717, 1.165) is 6.42 Å². The quantitative estimate of drug-likeness (QED) is 0.470. The van der Waals surface area contributed by atoms with Gasteiger partial charge in [0, 0.05) is 18.4 Å². The molecule has 0 spiro atoms. The second kappa shape index (κ2) is 1.84. The summed E-state index contributed by atoms with van der Waals surface area (Å²) in [6.07, 6.45) is 2.15. The van der Waals surface area contributed by atoms with Crippen LogP contribution in [-0.2, 0) is 9.59 Å². The zero-order valence-electron chi connectivity index (χ0n) is 6.59. The van der Waals surface area contributed by atoms with Gasteiger partial charge >= 0.3 is 0 Å². The van der Waals surface area contributed by atoms with Gasteiger partial charge in [-0.2, -0.15) is 0 Å². The van der Waals surface area contributed by atoms with Crippen LogP contribution in [0.3, 0.4) is 0 Å². The Hall–Kier alpha value is -0.860. The number of Topliss-reactive ketones (excluding diaryl/α,β-unsaturated/α-hetero) is 1. The predicted molar refractivity (Wildman–Crippen MR) is 39.0 cm³/mol. The molecule has 0 aromatic heterocycles. The van der Waals surface area contributed by atoms with E-state index >= 15 is 0 Å². The summed E-state index contributed by atoms with van der Waals surface area (Å²) < 4.78 is 0. The lowest BCUT2D eigenvalue weighted by atomic mass is 9.78. The van der Waals surface area contributed by atoms with Crippen molar-refractivity contribution in [1.29, 1.82) is 0 Å². The summed E-state index contributed by atoms with van der Waals surface area (Å²) in [5.41, 5.74) is 0.0327. The lowest BCUT2D eigenvalue weighted by Gasteiger charge is -2.52. The third-order valence-electron chi connectivity index (χ3n) is 2.76. The SMILES string of the molecule is CC12CCC(=O)CN1C(=O)C2. The molecule has 3 heteroatoms. The first-order valence-corrected chi connectivity index (χ1v) is 3.94. The third-order valence-corrected chi connectivity index (χ3v) is 2.76. The Morgan fingerprint density at radius 1 is 1.45 bits per heavy atom. The summed E-state index contributed by atoms with van der Waals surface area (Å²) >= 11 is 0. The highest BCUT2D eigenvalue weighted by molar-refractivity contribution is 5.92. The smallest absolute Gasteiger partial charge is 0.225 e. The first kappa shape index (κ1) is 6.83. The van der Waals surface area contributed by atoms with E-state index in [1.807, 2.05) is 0 Å². The van der Waals surface area contributed by atoms with E-state index in [-0.39, 0.29) is 17.2 Å². The fourth-order valence-electron chi connectivity index (χ4n) is 1.89. The molecule has 2 saturated heterocycles. The van der Waals surface area contributed by atoms with Crippen LogP contribution in [0.1, 0.15) is 26.2 Å². The van der Waals surface area contributed by atoms with Gasteiger partial charge in [-0.1, -0.05) is 0 Å². The average Bonchev–Trinajstić information content (AvgIpc) is 1.95. The monoisotopic (exact) mass is 153 g/mol. The maximum Gasteiger partial charge on any atom is 0.225 e. The molecule has 0 aliphatic carbocycles. The number of β-lactam (4-membered cyclic amide) rings is 1. The van der Waals surface area contributed by atoms with Crippen LogP contribution in [0.25, 0.3) is 0 Å². The number of ketones is 1. The van der Waals surface area contributed by atoms with Crippen molar-refractivity contribution in [2.45, 2.75) is 31.7 Å². The van der Waals surface area contributed by atoms with Crippen molar-refractivity contribution in [3.8, 4) is 0 Å². The highest BCUT2D eigenvalue weighted by Gasteiger charge is 2.49. The number of rotatable bonds is 0. The molecule has 2 heterocycles. The minimum Gasteiger partial charge on any atom is -0.329 e. The number of hydrogen-bond acceptors (Lipinski definition) is 2. The van der Waals surface area contributed by atoms with Gasteiger partial charge in [-0.3, -0.25) is 9.59 Å². The summed E-state index contributed by atoms with van der Waals surface area (Å²) in [5, 5.41) is 0. The molecular weight excluding hydrogens is 142 g/mol. The minimum absolute atomic E-state index is 0.0327. The van der Waals surface area contributed by atoms with E-state index in [4.69, 9.17) is 0 Å². The molecule has 0 radical (unpaired) electrons. The maximum atomic E-state index is 11.0. The molecule has 0 N–H and O–H groups in total. The molecule has 1 unspecified atom stereocenters. The van der Waals surface area contributed by atoms with Gasteiger partial charge < -0.3 is 4.90 Å². The average molecular weight is 153 g/mol. The Kier molecular flexibility index (Phi) is 1.14. The van der Waals surface area contributed by atoms with Crippen LogP contribution in [-0.4, -0.2) is 28.7 Å². The minimum atomic E-state index is 0.0327. The molecule has 1 amide bonds. The topological polar surface area (TPSA) is 37.4 Å². The van der Waals surface area contributed by atoms with Gasteiger partial charge in [0.15, 0.2) is 5.78 Å². The van der Waals surface area contributed by atoms with E-state index in [9.17, 15) is 9.59 Å². The van der Waals surface area contributed by atoms with Gasteiger partial charge in [-0.05, 0) is 13.3 Å². The number of piperidine rings is 1. The zero-order valence-corrected chi connectivity index (χ0v) is 6.59. The van der Waals surface area contributed by atoms with E-state index in [1.54, 1.807) is 4.90 Å². The van der Waals surface area contributed by atoms with Crippen molar-refractivity contribution >= 4 is 11.7 Å². The first-order valence-electron chi connectivity index (χ1n) is 3.94. The van der Waals surface area contributed by atoms with E-state index in [2.05, 4.69) is 6.92 Å². The Bertz CT molecular complexity index is 236. The van der Waals surface area contributed by atoms with Crippen LogP contribution in [0, 0.1) is 0 Å². The Labute approximate surface area is 65.4 Å². The second-order valence-electron chi connectivity index (χ2n) is 3.69. The molecular formula is C8H11NO2. The fraction of sp³-hybridized carbons (Fsp3) is 0.750. The third kappa shape index (κ3) is 0.800. The molecule has 2 fully saturated rings. The largest absolute Gasteiger partial charge is 0.329 e. The van der Waals surface area contributed by atoms with Gasteiger partial charge in [0.2, 0.25) is 5.91 Å². The number of carbonyl (C=O) groups excluding carboxylic acids is 2. The highest BCUT2D eigenvalue weighted by Crippen LogP contribution is 2.38. The molecule has 0 saturated carbocycles. The molecule has 1 atom stereocenters. The Morgan fingerprint density at radius 2 is 2.18 bits per heavy atom. The number of fused-ring (bicyclic) bond motifs is 1. The van der Waals surface area contributed by atoms with Gasteiger partial charge in [-0.25, -0.2) is 0 Å². The van der Waals surface area contributed by atoms with Crippen molar-refractivity contribution in [2.24, 2.45) is 0 Å². The van der Waals surface area contributed by atoms with Crippen LogP contribution in [0.2, 0.25) is 0 Å². The number of nitrogens with zero attached hydrogens (tertiary/aromatic N) is 1. The van der Waals surface area contributed by atoms with Crippen molar-refractivity contribution in [3.63, 3.8) is 0 Å². The summed E-state index contributed by atoms with van der Waals surface area (Å²) in [7, 11) is 0. The van der Waals surface area contributed by atoms with Crippen molar-refractivity contribution in [3.05, 3.63) is 0 Å². The molecule has 2 aliphatic heterocycles. The second-order valence-corrected chi connectivity index (χ2v) is 3.69. The van der Waals surface area contributed by atoms with E-state index < -0.39 is 0 Å². The van der Waals surface area contributed by atoms with Crippen molar-refractivity contribution in [1.82, 2.24) is 4.90 Å². The van der Waals surface area contributed by atoms with Crippen LogP contribution in [0.4, 0.5) is 0 Å². The lowest BCUT2D eigenvalue weighted by Crippen LogP contribution is -2.65. The Morgan fingerprint density at radius 3 is 2.73 bits per heavy atom. The van der Waals surface area contributed by atoms with Gasteiger partial charge in [0.25, 0.3) is 0 Å². The Balaban J connectivity index is 2.17. The van der Waals surface area contributed by atoms with Crippen molar-refractivity contribution < 1.29 is 9.59 Å². The fourth-order valence-corrected chi connectivity index (χ4v) is 1.89. The van der Waals surface area contributed by atoms with Crippen molar-refractivity contribution in [2.75, 3.05) is 6.54 Å². The molecule has 0 aromatic carbocycles. The first-order chi connectivity index (χ1) is 5.12. The summed E-state index contributed by atoms with van der Waals surface area (Å²) in [5.74, 6) is 0.344. The van der Waals surface area contributed by atoms with Gasteiger partial charge in [0.05, 0.1) is 6.54 Å². The molecule has 0 aromatic rings. The molecule has 2 rings (SSSR count). The molecule has 0 bridgehead atoms. The number of amides is 1. The highest BCUT2D eigenvalue weighted by atomic mass is 16.2. The summed E-state index contributed by atoms with van der Waals surface area (Å²) in [6, 6.07) is 0. The van der Waals surface area contributed by atoms with E-state index in [1.165, 1.54) is 0 Å². The standard InChI is InChI=1S/C8H11NO2/c1-8-3-2-6(10)5-9(8)7(11)4-8/h2-5H2,1H3. The van der Waals surface area contributed by atoms with E-state index in [0.29, 0.717) is 19.4 Å². The number of carbonyl (C=O) groups is 2. The molecule has 11 heavy (non-hydrogen) atoms. The maximum absolute atomic E-state index is 11.0. The molecule has 60 valence electrons.